The first-order valence-corrected chi connectivity index (χ1v) is 12.8. The highest BCUT2D eigenvalue weighted by atomic mass is 35.5. The second kappa shape index (κ2) is 9.79. The first-order chi connectivity index (χ1) is 17.5. The molecule has 2 aromatic rings. The maximum Gasteiger partial charge on any atom is 0.511 e. The molecule has 0 aromatic heterocycles. The maximum atomic E-state index is 14.2. The zero-order valence-electron chi connectivity index (χ0n) is 19.1. The highest BCUT2D eigenvalue weighted by molar-refractivity contribution is 7.90. The number of sulfonamides is 1. The first-order valence-electron chi connectivity index (χ1n) is 11.0. The normalized spacial score (nSPS) is 19.9. The van der Waals surface area contributed by atoms with Crippen molar-refractivity contribution in [1.29, 1.82) is 0 Å². The summed E-state index contributed by atoms with van der Waals surface area (Å²) in [5.74, 6) is -5.20. The van der Waals surface area contributed by atoms with Gasteiger partial charge in [0.05, 0.1) is 16.8 Å². The molecule has 0 spiro atoms. The Morgan fingerprint density at radius 3 is 2.21 bits per heavy atom. The van der Waals surface area contributed by atoms with Crippen LogP contribution in [0.2, 0.25) is 5.02 Å². The van der Waals surface area contributed by atoms with Gasteiger partial charge in [-0.25, -0.2) is 8.42 Å². The van der Waals surface area contributed by atoms with Gasteiger partial charge in [0.25, 0.3) is 0 Å². The SMILES string of the molecule is O=S(=O)(N1CC=C(c2cccc(C3CC(C(F)(F)C(F)(F)F)=NN3c3ccccc3Cl)c2)CC1)C(F)(F)F. The molecule has 2 heterocycles. The molecule has 0 radical (unpaired) electrons. The molecule has 0 saturated carbocycles. The molecular formula is C23H18ClF8N3O2S. The van der Waals surface area contributed by atoms with E-state index in [1.807, 2.05) is 0 Å². The van der Waals surface area contributed by atoms with Gasteiger partial charge in [-0.15, -0.1) is 0 Å². The third kappa shape index (κ3) is 5.13. The van der Waals surface area contributed by atoms with Crippen LogP contribution in [-0.4, -0.2) is 49.1 Å². The maximum absolute atomic E-state index is 14.2. The third-order valence-corrected chi connectivity index (χ3v) is 8.09. The van der Waals surface area contributed by atoms with Gasteiger partial charge in [-0.05, 0) is 41.3 Å². The van der Waals surface area contributed by atoms with Gasteiger partial charge < -0.3 is 0 Å². The van der Waals surface area contributed by atoms with Crippen molar-refractivity contribution in [3.63, 3.8) is 0 Å². The number of benzene rings is 2. The van der Waals surface area contributed by atoms with E-state index >= 15 is 0 Å². The summed E-state index contributed by atoms with van der Waals surface area (Å²) < 4.78 is 130. The van der Waals surface area contributed by atoms with Crippen LogP contribution in [0.5, 0.6) is 0 Å². The topological polar surface area (TPSA) is 53.0 Å². The highest BCUT2D eigenvalue weighted by Gasteiger charge is 2.63. The number of nitrogens with zero attached hydrogens (tertiary/aromatic N) is 3. The van der Waals surface area contributed by atoms with Gasteiger partial charge in [0.15, 0.2) is 0 Å². The van der Waals surface area contributed by atoms with Gasteiger partial charge in [0.1, 0.15) is 5.71 Å². The van der Waals surface area contributed by atoms with Crippen molar-refractivity contribution in [3.8, 4) is 0 Å². The molecule has 5 nitrogen and oxygen atoms in total. The Bertz CT molecular complexity index is 1390. The van der Waals surface area contributed by atoms with Crippen LogP contribution in [0.4, 0.5) is 40.8 Å². The van der Waals surface area contributed by atoms with Crippen LogP contribution >= 0.6 is 11.6 Å². The quantitative estimate of drug-likeness (QED) is 0.362. The molecule has 0 amide bonds. The van der Waals surface area contributed by atoms with Crippen LogP contribution in [0.3, 0.4) is 0 Å². The Kier molecular flexibility index (Phi) is 7.29. The molecule has 2 aromatic carbocycles. The minimum atomic E-state index is -5.87. The number of halogens is 9. The average molecular weight is 588 g/mol. The Morgan fingerprint density at radius 2 is 1.63 bits per heavy atom. The minimum Gasteiger partial charge on any atom is -0.256 e. The van der Waals surface area contributed by atoms with Crippen molar-refractivity contribution >= 4 is 38.6 Å². The second-order valence-electron chi connectivity index (χ2n) is 8.55. The van der Waals surface area contributed by atoms with Crippen molar-refractivity contribution < 1.29 is 43.5 Å². The molecule has 15 heteroatoms. The lowest BCUT2D eigenvalue weighted by Gasteiger charge is -2.27. The summed E-state index contributed by atoms with van der Waals surface area (Å²) in [4.78, 5) is 0. The van der Waals surface area contributed by atoms with Gasteiger partial charge in [-0.1, -0.05) is 48.0 Å². The molecule has 0 saturated heterocycles. The predicted octanol–water partition coefficient (Wildman–Crippen LogP) is 6.78. The molecule has 0 N–H and O–H groups in total. The molecule has 1 atom stereocenters. The van der Waals surface area contributed by atoms with Crippen LogP contribution in [0, 0.1) is 0 Å². The molecule has 0 aliphatic carbocycles. The summed E-state index contributed by atoms with van der Waals surface area (Å²) in [6.07, 6.45) is -5.43. The summed E-state index contributed by atoms with van der Waals surface area (Å²) in [5, 5.41) is 4.67. The van der Waals surface area contributed by atoms with E-state index in [4.69, 9.17) is 11.6 Å². The summed E-state index contributed by atoms with van der Waals surface area (Å²) >= 11 is 6.18. The van der Waals surface area contributed by atoms with Crippen molar-refractivity contribution in [2.45, 2.75) is 36.5 Å². The van der Waals surface area contributed by atoms with E-state index in [0.717, 1.165) is 5.01 Å². The fourth-order valence-corrected chi connectivity index (χ4v) is 5.32. The van der Waals surface area contributed by atoms with E-state index in [-0.39, 0.29) is 21.4 Å². The zero-order chi connectivity index (χ0) is 28.1. The first kappa shape index (κ1) is 28.3. The molecule has 0 bridgehead atoms. The molecule has 2 aliphatic heterocycles. The molecule has 38 heavy (non-hydrogen) atoms. The molecule has 206 valence electrons. The number of hydrogen-bond acceptors (Lipinski definition) is 4. The Balaban J connectivity index is 1.68. The number of hydrazone groups is 1. The summed E-state index contributed by atoms with van der Waals surface area (Å²) in [6, 6.07) is 10.9. The average Bonchev–Trinajstić information content (AvgIpc) is 3.29. The van der Waals surface area contributed by atoms with Crippen LogP contribution < -0.4 is 5.01 Å². The lowest BCUT2D eigenvalue weighted by atomic mass is 9.93. The van der Waals surface area contributed by atoms with E-state index < -0.39 is 58.9 Å². The number of hydrogen-bond donors (Lipinski definition) is 0. The van der Waals surface area contributed by atoms with Crippen LogP contribution in [-0.2, 0) is 10.0 Å². The minimum absolute atomic E-state index is 0.0648. The number of alkyl halides is 8. The van der Waals surface area contributed by atoms with Crippen molar-refractivity contribution in [1.82, 2.24) is 4.31 Å². The predicted molar refractivity (Wildman–Crippen MR) is 125 cm³/mol. The monoisotopic (exact) mass is 587 g/mol. The van der Waals surface area contributed by atoms with Crippen LogP contribution in [0.1, 0.15) is 30.0 Å². The Labute approximate surface area is 217 Å². The van der Waals surface area contributed by atoms with Crippen molar-refractivity contribution in [2.24, 2.45) is 5.10 Å². The summed E-state index contributed by atoms with van der Waals surface area (Å²) in [7, 11) is -5.51. The Morgan fingerprint density at radius 1 is 0.947 bits per heavy atom. The highest BCUT2D eigenvalue weighted by Crippen LogP contribution is 2.46. The van der Waals surface area contributed by atoms with Gasteiger partial charge in [0.2, 0.25) is 0 Å². The van der Waals surface area contributed by atoms with E-state index in [1.54, 1.807) is 12.1 Å². The lowest BCUT2D eigenvalue weighted by Crippen LogP contribution is -2.43. The standard InChI is InChI=1S/C23H18ClF8N3O2S/c24-17-6-1-2-7-18(17)35-19(13-20(33-35)21(25,26)22(27,28)29)16-5-3-4-15(12-16)14-8-10-34(11-9-14)38(36,37)23(30,31)32/h1-8,12,19H,9-11,13H2. The number of rotatable bonds is 5. The smallest absolute Gasteiger partial charge is 0.256 e. The Hall–Kier alpha value is -2.71. The molecule has 2 aliphatic rings. The van der Waals surface area contributed by atoms with Crippen LogP contribution in [0.25, 0.3) is 5.57 Å². The zero-order valence-corrected chi connectivity index (χ0v) is 20.6. The van der Waals surface area contributed by atoms with E-state index in [9.17, 15) is 43.5 Å². The van der Waals surface area contributed by atoms with E-state index in [2.05, 4.69) is 5.10 Å². The fourth-order valence-electron chi connectivity index (χ4n) is 4.21. The summed E-state index contributed by atoms with van der Waals surface area (Å²) in [5.41, 5.74) is -5.51. The number of anilines is 1. The number of para-hydroxylation sites is 1. The molecular weight excluding hydrogens is 570 g/mol. The molecule has 0 fully saturated rings. The van der Waals surface area contributed by atoms with Crippen LogP contribution in [0.15, 0.2) is 59.7 Å². The lowest BCUT2D eigenvalue weighted by molar-refractivity contribution is -0.249. The largest absolute Gasteiger partial charge is 0.511 e. The molecule has 4 rings (SSSR count). The van der Waals surface area contributed by atoms with Crippen molar-refractivity contribution in [2.75, 3.05) is 18.1 Å². The summed E-state index contributed by atoms with van der Waals surface area (Å²) in [6.45, 7) is -0.986. The second-order valence-corrected chi connectivity index (χ2v) is 10.9. The van der Waals surface area contributed by atoms with Gasteiger partial charge in [-0.3, -0.25) is 5.01 Å². The molecule has 1 unspecified atom stereocenters. The van der Waals surface area contributed by atoms with Gasteiger partial charge >= 0.3 is 27.6 Å². The van der Waals surface area contributed by atoms with Gasteiger partial charge in [-0.2, -0.15) is 44.5 Å². The fraction of sp³-hybridized carbons (Fsp3) is 0.348. The van der Waals surface area contributed by atoms with Crippen molar-refractivity contribution in [3.05, 3.63) is 70.8 Å². The van der Waals surface area contributed by atoms with E-state index in [1.165, 1.54) is 42.5 Å². The third-order valence-electron chi connectivity index (χ3n) is 6.17. The van der Waals surface area contributed by atoms with E-state index in [0.29, 0.717) is 16.7 Å². The van der Waals surface area contributed by atoms with Gasteiger partial charge in [0, 0.05) is 19.5 Å².